The molecule has 0 spiro atoms. The second kappa shape index (κ2) is 4.48. The molecule has 3 fully saturated rings. The molecular weight excluding hydrogens is 198 g/mol. The van der Waals surface area contributed by atoms with Crippen LogP contribution >= 0.6 is 0 Å². The van der Waals surface area contributed by atoms with E-state index in [-0.39, 0.29) is 6.04 Å². The molecule has 92 valence electrons. The van der Waals surface area contributed by atoms with Gasteiger partial charge in [0.05, 0.1) is 0 Å². The first-order valence-electron chi connectivity index (χ1n) is 6.73. The Morgan fingerprint density at radius 3 is 2.44 bits per heavy atom. The minimum absolute atomic E-state index is 0.246. The lowest BCUT2D eigenvalue weighted by atomic mass is 9.46. The number of hydrogen-bond donors (Lipinski definition) is 1. The minimum Gasteiger partial charge on any atom is -0.328 e. The van der Waals surface area contributed by atoms with Crippen molar-refractivity contribution in [3.05, 3.63) is 0 Å². The van der Waals surface area contributed by atoms with Gasteiger partial charge in [0, 0.05) is 12.5 Å². The molecule has 0 radical (unpaired) electrons. The Morgan fingerprint density at radius 2 is 1.94 bits per heavy atom. The summed E-state index contributed by atoms with van der Waals surface area (Å²) in [5, 5.41) is 0. The Balaban J connectivity index is 1.76. The first-order valence-corrected chi connectivity index (χ1v) is 6.73. The summed E-state index contributed by atoms with van der Waals surface area (Å²) < 4.78 is 0. The number of rotatable bonds is 5. The highest BCUT2D eigenvalue weighted by atomic mass is 16.1. The summed E-state index contributed by atoms with van der Waals surface area (Å²) in [5.74, 6) is 2.71. The van der Waals surface area contributed by atoms with Crippen LogP contribution in [0.3, 0.4) is 0 Å². The number of aldehydes is 1. The Bertz CT molecular complexity index is 247. The fourth-order valence-electron chi connectivity index (χ4n) is 3.85. The van der Waals surface area contributed by atoms with Gasteiger partial charge >= 0.3 is 0 Å². The number of carbonyl (C=O) groups excluding carboxylic acids is 1. The molecule has 2 bridgehead atoms. The number of carbonyl (C=O) groups is 1. The van der Waals surface area contributed by atoms with Gasteiger partial charge < -0.3 is 10.5 Å². The van der Waals surface area contributed by atoms with Gasteiger partial charge in [0.15, 0.2) is 0 Å². The maximum absolute atomic E-state index is 10.3. The van der Waals surface area contributed by atoms with Gasteiger partial charge in [0.1, 0.15) is 6.29 Å². The summed E-state index contributed by atoms with van der Waals surface area (Å²) >= 11 is 0. The van der Waals surface area contributed by atoms with E-state index in [0.29, 0.717) is 11.8 Å². The second-order valence-electron chi connectivity index (χ2n) is 6.53. The Morgan fingerprint density at radius 1 is 1.31 bits per heavy atom. The van der Waals surface area contributed by atoms with E-state index < -0.39 is 0 Å². The van der Waals surface area contributed by atoms with Crippen molar-refractivity contribution in [3.63, 3.8) is 0 Å². The highest BCUT2D eigenvalue weighted by molar-refractivity contribution is 5.49. The van der Waals surface area contributed by atoms with Crippen LogP contribution in [0.15, 0.2) is 0 Å². The van der Waals surface area contributed by atoms with Crippen molar-refractivity contribution >= 4 is 6.29 Å². The van der Waals surface area contributed by atoms with Gasteiger partial charge in [-0.3, -0.25) is 0 Å². The van der Waals surface area contributed by atoms with E-state index in [1.54, 1.807) is 0 Å². The number of hydrogen-bond acceptors (Lipinski definition) is 2. The Labute approximate surface area is 99.0 Å². The minimum atomic E-state index is 0.246. The van der Waals surface area contributed by atoms with Crippen molar-refractivity contribution in [1.82, 2.24) is 0 Å². The normalized spacial score (nSPS) is 37.6. The highest BCUT2D eigenvalue weighted by Crippen LogP contribution is 2.61. The maximum Gasteiger partial charge on any atom is 0.120 e. The molecular formula is C14H25NO. The van der Waals surface area contributed by atoms with E-state index >= 15 is 0 Å². The molecule has 3 unspecified atom stereocenters. The standard InChI is InChI=1S/C14H25NO/c1-14(2)11-6-10(7-12(14)9-11)8-13(15)4-3-5-16/h5,10-13H,3-4,6-9,15H2,1-2H3. The predicted molar refractivity (Wildman–Crippen MR) is 66.0 cm³/mol. The molecule has 0 saturated heterocycles. The van der Waals surface area contributed by atoms with Crippen LogP contribution in [0.4, 0.5) is 0 Å². The van der Waals surface area contributed by atoms with Crippen LogP contribution in [0.5, 0.6) is 0 Å². The Hall–Kier alpha value is -0.370. The van der Waals surface area contributed by atoms with Crippen molar-refractivity contribution < 1.29 is 4.79 Å². The van der Waals surface area contributed by atoms with Crippen LogP contribution in [0.25, 0.3) is 0 Å². The zero-order valence-electron chi connectivity index (χ0n) is 10.6. The second-order valence-corrected chi connectivity index (χ2v) is 6.53. The van der Waals surface area contributed by atoms with Crippen molar-refractivity contribution in [2.75, 3.05) is 0 Å². The molecule has 0 aromatic heterocycles. The SMILES string of the molecule is CC1(C)C2CC(CC(N)CCC=O)CC1C2. The quantitative estimate of drug-likeness (QED) is 0.728. The summed E-state index contributed by atoms with van der Waals surface area (Å²) in [6.07, 6.45) is 7.83. The van der Waals surface area contributed by atoms with Crippen molar-refractivity contribution in [2.24, 2.45) is 28.9 Å². The predicted octanol–water partition coefficient (Wildman–Crippen LogP) is 2.76. The van der Waals surface area contributed by atoms with Crippen molar-refractivity contribution in [2.45, 2.75) is 58.4 Å². The van der Waals surface area contributed by atoms with Gasteiger partial charge in [-0.25, -0.2) is 0 Å². The Kier molecular flexibility index (Phi) is 3.39. The molecule has 0 aromatic carbocycles. The largest absolute Gasteiger partial charge is 0.328 e. The molecule has 2 N–H and O–H groups in total. The first kappa shape index (κ1) is 12.1. The summed E-state index contributed by atoms with van der Waals surface area (Å²) in [6, 6.07) is 0.246. The zero-order chi connectivity index (χ0) is 11.8. The van der Waals surface area contributed by atoms with Gasteiger partial charge in [-0.05, 0) is 55.3 Å². The summed E-state index contributed by atoms with van der Waals surface area (Å²) in [6.45, 7) is 4.85. The van der Waals surface area contributed by atoms with Crippen LogP contribution in [0.1, 0.15) is 52.4 Å². The monoisotopic (exact) mass is 223 g/mol. The molecule has 0 aliphatic heterocycles. The van der Waals surface area contributed by atoms with E-state index in [2.05, 4.69) is 13.8 Å². The number of nitrogens with two attached hydrogens (primary N) is 1. The van der Waals surface area contributed by atoms with E-state index in [4.69, 9.17) is 5.73 Å². The fraction of sp³-hybridized carbons (Fsp3) is 0.929. The van der Waals surface area contributed by atoms with Crippen LogP contribution in [-0.2, 0) is 4.79 Å². The molecule has 3 aliphatic carbocycles. The molecule has 3 atom stereocenters. The molecule has 2 nitrogen and oxygen atoms in total. The van der Waals surface area contributed by atoms with Crippen LogP contribution in [0.2, 0.25) is 0 Å². The van der Waals surface area contributed by atoms with E-state index in [9.17, 15) is 4.79 Å². The smallest absolute Gasteiger partial charge is 0.120 e. The molecule has 3 aliphatic rings. The van der Waals surface area contributed by atoms with E-state index in [0.717, 1.165) is 36.9 Å². The topological polar surface area (TPSA) is 43.1 Å². The molecule has 0 heterocycles. The lowest BCUT2D eigenvalue weighted by Crippen LogP contribution is -2.51. The van der Waals surface area contributed by atoms with Crippen LogP contribution < -0.4 is 5.73 Å². The lowest BCUT2D eigenvalue weighted by molar-refractivity contribution is -0.108. The highest BCUT2D eigenvalue weighted by Gasteiger charge is 2.52. The van der Waals surface area contributed by atoms with Gasteiger partial charge in [-0.1, -0.05) is 13.8 Å². The van der Waals surface area contributed by atoms with Gasteiger partial charge in [0.25, 0.3) is 0 Å². The molecule has 16 heavy (non-hydrogen) atoms. The molecule has 0 aromatic rings. The third-order valence-electron chi connectivity index (χ3n) is 5.20. The molecule has 3 rings (SSSR count). The zero-order valence-corrected chi connectivity index (χ0v) is 10.6. The maximum atomic E-state index is 10.3. The third kappa shape index (κ3) is 2.17. The third-order valence-corrected chi connectivity index (χ3v) is 5.20. The first-order chi connectivity index (χ1) is 7.54. The van der Waals surface area contributed by atoms with Gasteiger partial charge in [0.2, 0.25) is 0 Å². The average molecular weight is 223 g/mol. The summed E-state index contributed by atoms with van der Waals surface area (Å²) in [4.78, 5) is 10.3. The van der Waals surface area contributed by atoms with Crippen molar-refractivity contribution in [3.8, 4) is 0 Å². The lowest BCUT2D eigenvalue weighted by Gasteiger charge is -2.59. The molecule has 2 heteroatoms. The molecule has 3 saturated carbocycles. The van der Waals surface area contributed by atoms with Gasteiger partial charge in [-0.2, -0.15) is 0 Å². The van der Waals surface area contributed by atoms with Crippen LogP contribution in [0, 0.1) is 23.2 Å². The van der Waals surface area contributed by atoms with Crippen LogP contribution in [-0.4, -0.2) is 12.3 Å². The van der Waals surface area contributed by atoms with E-state index in [1.165, 1.54) is 19.3 Å². The molecule has 0 amide bonds. The fourth-order valence-corrected chi connectivity index (χ4v) is 3.85. The van der Waals surface area contributed by atoms with Crippen molar-refractivity contribution in [1.29, 1.82) is 0 Å². The summed E-state index contributed by atoms with van der Waals surface area (Å²) in [7, 11) is 0. The van der Waals surface area contributed by atoms with E-state index in [1.807, 2.05) is 0 Å². The summed E-state index contributed by atoms with van der Waals surface area (Å²) in [5.41, 5.74) is 6.66. The average Bonchev–Trinajstić information content (AvgIpc) is 2.26. The number of fused-ring (bicyclic) bond motifs is 2. The van der Waals surface area contributed by atoms with Gasteiger partial charge in [-0.15, -0.1) is 0 Å².